The molecule has 0 saturated carbocycles. The molecule has 0 fully saturated rings. The quantitative estimate of drug-likeness (QED) is 0.754. The van der Waals surface area contributed by atoms with Crippen molar-refractivity contribution in [2.75, 3.05) is 13.1 Å². The SMILES string of the molecule is [2H]C([2H])(O)CC(/C=C/c1ccccc1)CC([2H])([2H])O. The number of benzene rings is 1. The highest BCUT2D eigenvalue weighted by Crippen LogP contribution is 2.12. The lowest BCUT2D eigenvalue weighted by Crippen LogP contribution is -2.02. The van der Waals surface area contributed by atoms with Crippen LogP contribution >= 0.6 is 0 Å². The zero-order chi connectivity index (χ0) is 14.5. The van der Waals surface area contributed by atoms with Crippen LogP contribution in [0.15, 0.2) is 36.4 Å². The Kier molecular flexibility index (Phi) is 3.46. The number of aliphatic hydroxyl groups is 2. The molecule has 0 aromatic heterocycles. The lowest BCUT2D eigenvalue weighted by atomic mass is 10.0. The largest absolute Gasteiger partial charge is 0.396 e. The Morgan fingerprint density at radius 1 is 1.13 bits per heavy atom. The second-order valence-electron chi connectivity index (χ2n) is 3.25. The van der Waals surface area contributed by atoms with Crippen molar-refractivity contribution in [3.05, 3.63) is 42.0 Å². The summed E-state index contributed by atoms with van der Waals surface area (Å²) >= 11 is 0. The maximum absolute atomic E-state index is 9.18. The summed E-state index contributed by atoms with van der Waals surface area (Å²) in [6, 6.07) is 9.29. The number of rotatable bonds is 6. The van der Waals surface area contributed by atoms with E-state index in [0.717, 1.165) is 5.56 Å². The van der Waals surface area contributed by atoms with Crippen LogP contribution in [0.1, 0.15) is 23.9 Å². The molecule has 0 radical (unpaired) electrons. The smallest absolute Gasteiger partial charge is 0.0564 e. The monoisotopic (exact) mass is 210 g/mol. The number of hydrogen-bond donors (Lipinski definition) is 2. The summed E-state index contributed by atoms with van der Waals surface area (Å²) in [6.07, 6.45) is 2.80. The predicted molar refractivity (Wildman–Crippen MR) is 62.4 cm³/mol. The van der Waals surface area contributed by atoms with Gasteiger partial charge in [0.2, 0.25) is 0 Å². The molecule has 1 aromatic rings. The van der Waals surface area contributed by atoms with Gasteiger partial charge in [-0.15, -0.1) is 0 Å². The summed E-state index contributed by atoms with van der Waals surface area (Å²) in [5, 5.41) is 18.4. The van der Waals surface area contributed by atoms with E-state index in [0.29, 0.717) is 0 Å². The maximum atomic E-state index is 9.18. The van der Waals surface area contributed by atoms with Gasteiger partial charge in [-0.3, -0.25) is 0 Å². The Morgan fingerprint density at radius 3 is 2.27 bits per heavy atom. The summed E-state index contributed by atoms with van der Waals surface area (Å²) in [7, 11) is 0. The van der Waals surface area contributed by atoms with Gasteiger partial charge in [0.1, 0.15) is 0 Å². The second-order valence-corrected chi connectivity index (χ2v) is 3.25. The van der Waals surface area contributed by atoms with E-state index >= 15 is 0 Å². The molecule has 0 aliphatic carbocycles. The predicted octanol–water partition coefficient (Wildman–Crippen LogP) is 2.08. The van der Waals surface area contributed by atoms with E-state index in [1.54, 1.807) is 12.2 Å². The van der Waals surface area contributed by atoms with E-state index in [2.05, 4.69) is 0 Å². The number of hydrogen-bond acceptors (Lipinski definition) is 2. The molecule has 0 atom stereocenters. The highest BCUT2D eigenvalue weighted by atomic mass is 16.3. The Morgan fingerprint density at radius 2 is 1.73 bits per heavy atom. The van der Waals surface area contributed by atoms with Crippen molar-refractivity contribution in [2.24, 2.45) is 5.92 Å². The van der Waals surface area contributed by atoms with Crippen molar-refractivity contribution < 1.29 is 15.7 Å². The number of allylic oxidation sites excluding steroid dienone is 1. The van der Waals surface area contributed by atoms with Gasteiger partial charge in [-0.25, -0.2) is 0 Å². The van der Waals surface area contributed by atoms with Crippen LogP contribution in [0, 0.1) is 5.92 Å². The van der Waals surface area contributed by atoms with Crippen LogP contribution in [0.3, 0.4) is 0 Å². The molecular formula is C13H18O2. The van der Waals surface area contributed by atoms with Crippen molar-refractivity contribution in [3.8, 4) is 0 Å². The molecule has 1 rings (SSSR count). The first-order valence-corrected chi connectivity index (χ1v) is 4.84. The van der Waals surface area contributed by atoms with Crippen LogP contribution < -0.4 is 0 Å². The highest BCUT2D eigenvalue weighted by Gasteiger charge is 2.02. The summed E-state index contributed by atoms with van der Waals surface area (Å²) in [6.45, 7) is -4.78. The third-order valence-electron chi connectivity index (χ3n) is 2.07. The van der Waals surface area contributed by atoms with Gasteiger partial charge in [-0.1, -0.05) is 42.5 Å². The molecular weight excluding hydrogens is 188 g/mol. The van der Waals surface area contributed by atoms with Crippen molar-refractivity contribution >= 4 is 6.08 Å². The zero-order valence-corrected chi connectivity index (χ0v) is 8.43. The fourth-order valence-electron chi connectivity index (χ4n) is 1.25. The second kappa shape index (κ2) is 7.21. The van der Waals surface area contributed by atoms with E-state index < -0.39 is 19.0 Å². The van der Waals surface area contributed by atoms with Crippen LogP contribution in [0.4, 0.5) is 0 Å². The molecule has 1 aromatic carbocycles. The molecule has 15 heavy (non-hydrogen) atoms. The van der Waals surface area contributed by atoms with Gasteiger partial charge in [-0.2, -0.15) is 0 Å². The molecule has 0 aliphatic heterocycles. The molecule has 0 spiro atoms. The Labute approximate surface area is 96.5 Å². The Balaban J connectivity index is 2.76. The first kappa shape index (κ1) is 7.20. The van der Waals surface area contributed by atoms with Gasteiger partial charge in [0.05, 0.1) is 5.48 Å². The van der Waals surface area contributed by atoms with E-state index in [9.17, 15) is 10.2 Å². The van der Waals surface area contributed by atoms with Crippen molar-refractivity contribution in [3.63, 3.8) is 0 Å². The van der Waals surface area contributed by atoms with E-state index in [-0.39, 0.29) is 12.8 Å². The van der Waals surface area contributed by atoms with E-state index in [4.69, 9.17) is 5.48 Å². The summed E-state index contributed by atoms with van der Waals surface area (Å²) in [4.78, 5) is 0. The minimum atomic E-state index is -2.39. The Hall–Kier alpha value is -1.12. The van der Waals surface area contributed by atoms with E-state index in [1.807, 2.05) is 30.3 Å². The summed E-state index contributed by atoms with van der Waals surface area (Å²) < 4.78 is 28.5. The molecule has 0 aliphatic rings. The van der Waals surface area contributed by atoms with Gasteiger partial charge >= 0.3 is 0 Å². The van der Waals surface area contributed by atoms with Gasteiger partial charge in [-0.05, 0) is 24.3 Å². The summed E-state index contributed by atoms with van der Waals surface area (Å²) in [5.74, 6) is -0.597. The fourth-order valence-corrected chi connectivity index (χ4v) is 1.25. The first-order chi connectivity index (χ1) is 8.66. The molecule has 0 heterocycles. The van der Waals surface area contributed by atoms with Crippen LogP contribution in [0.2, 0.25) is 0 Å². The Bertz CT molecular complexity index is 391. The van der Waals surface area contributed by atoms with Crippen LogP contribution in [0.5, 0.6) is 0 Å². The van der Waals surface area contributed by atoms with Crippen LogP contribution in [-0.2, 0) is 0 Å². The van der Waals surface area contributed by atoms with Crippen molar-refractivity contribution in [1.29, 1.82) is 0 Å². The molecule has 2 heteroatoms. The lowest BCUT2D eigenvalue weighted by molar-refractivity contribution is 0.234. The standard InChI is InChI=1S/C13H18O2/c14-10-8-13(9-11-15)7-6-12-4-2-1-3-5-12/h1-7,13-15H,8-11H2/b7-6+/i10D2,11D2. The average Bonchev–Trinajstić information content (AvgIpc) is 2.23. The third-order valence-corrected chi connectivity index (χ3v) is 2.07. The normalized spacial score (nSPS) is 17.3. The first-order valence-electron chi connectivity index (χ1n) is 6.84. The molecule has 0 unspecified atom stereocenters. The van der Waals surface area contributed by atoms with Crippen molar-refractivity contribution in [2.45, 2.75) is 12.8 Å². The molecule has 2 nitrogen and oxygen atoms in total. The topological polar surface area (TPSA) is 40.5 Å². The summed E-state index contributed by atoms with van der Waals surface area (Å²) in [5.41, 5.74) is 0.893. The fraction of sp³-hybridized carbons (Fsp3) is 0.385. The third kappa shape index (κ3) is 4.77. The molecule has 82 valence electrons. The molecule has 2 N–H and O–H groups in total. The van der Waals surface area contributed by atoms with Gasteiger partial charge in [0.25, 0.3) is 0 Å². The average molecular weight is 210 g/mol. The molecule has 0 saturated heterocycles. The van der Waals surface area contributed by atoms with Gasteiger partial charge in [0, 0.05) is 13.1 Å². The van der Waals surface area contributed by atoms with Crippen LogP contribution in [-0.4, -0.2) is 23.3 Å². The lowest BCUT2D eigenvalue weighted by Gasteiger charge is -2.08. The maximum Gasteiger partial charge on any atom is 0.0564 e. The van der Waals surface area contributed by atoms with Gasteiger partial charge in [0.15, 0.2) is 0 Å². The minimum Gasteiger partial charge on any atom is -0.396 e. The van der Waals surface area contributed by atoms with Crippen LogP contribution in [0.25, 0.3) is 6.08 Å². The van der Waals surface area contributed by atoms with Crippen molar-refractivity contribution in [1.82, 2.24) is 0 Å². The minimum absolute atomic E-state index is 0.267. The highest BCUT2D eigenvalue weighted by molar-refractivity contribution is 5.48. The molecule has 0 bridgehead atoms. The van der Waals surface area contributed by atoms with Gasteiger partial charge < -0.3 is 10.2 Å². The molecule has 0 amide bonds. The zero-order valence-electron chi connectivity index (χ0n) is 12.4. The van der Waals surface area contributed by atoms with E-state index in [1.165, 1.54) is 0 Å².